The van der Waals surface area contributed by atoms with E-state index in [2.05, 4.69) is 19.9 Å². The van der Waals surface area contributed by atoms with Crippen molar-refractivity contribution in [3.63, 3.8) is 0 Å². The number of benzene rings is 1. The van der Waals surface area contributed by atoms with Crippen molar-refractivity contribution in [1.29, 1.82) is 0 Å². The number of hydrogen-bond acceptors (Lipinski definition) is 2. The van der Waals surface area contributed by atoms with E-state index < -0.39 is 0 Å². The number of imidazole rings is 2. The van der Waals surface area contributed by atoms with Gasteiger partial charge in [-0.25, -0.2) is 9.97 Å². The van der Waals surface area contributed by atoms with Gasteiger partial charge in [0.05, 0.1) is 0 Å². The van der Waals surface area contributed by atoms with Crippen LogP contribution in [-0.2, 0) is 0 Å². The molecule has 0 saturated carbocycles. The molecule has 0 aliphatic rings. The van der Waals surface area contributed by atoms with Gasteiger partial charge in [0.15, 0.2) is 0 Å². The zero-order chi connectivity index (χ0) is 12.8. The second kappa shape index (κ2) is 5.82. The number of aryl methyl sites for hydroxylation is 2. The average molecular weight is 240 g/mol. The van der Waals surface area contributed by atoms with Crippen LogP contribution in [0.5, 0.6) is 0 Å². The third-order valence-corrected chi connectivity index (χ3v) is 2.39. The van der Waals surface area contributed by atoms with Gasteiger partial charge in [-0.2, -0.15) is 0 Å². The van der Waals surface area contributed by atoms with Gasteiger partial charge in [-0.05, 0) is 13.8 Å². The highest BCUT2D eigenvalue weighted by molar-refractivity contribution is 5.54. The van der Waals surface area contributed by atoms with Crippen molar-refractivity contribution < 1.29 is 0 Å². The highest BCUT2D eigenvalue weighted by Crippen LogP contribution is 2.13. The van der Waals surface area contributed by atoms with E-state index in [0.29, 0.717) is 0 Å². The Hall–Kier alpha value is -2.36. The molecule has 0 saturated heterocycles. The Morgan fingerprint density at radius 3 is 2.22 bits per heavy atom. The third kappa shape index (κ3) is 3.31. The van der Waals surface area contributed by atoms with Crippen LogP contribution in [-0.4, -0.2) is 19.9 Å². The largest absolute Gasteiger partial charge is 0.349 e. The molecule has 0 spiro atoms. The van der Waals surface area contributed by atoms with Gasteiger partial charge in [0, 0.05) is 29.8 Å². The molecule has 0 fully saturated rings. The Labute approximate surface area is 106 Å². The van der Waals surface area contributed by atoms with Crippen LogP contribution < -0.4 is 0 Å². The first-order chi connectivity index (χ1) is 8.75. The number of rotatable bonds is 1. The number of aromatic amines is 2. The summed E-state index contributed by atoms with van der Waals surface area (Å²) in [7, 11) is 0. The fraction of sp³-hybridized carbons (Fsp3) is 0.143. The average Bonchev–Trinajstić information content (AvgIpc) is 3.03. The Balaban J connectivity index is 0.000000169. The number of H-pyrrole nitrogens is 2. The molecule has 4 nitrogen and oxygen atoms in total. The molecule has 18 heavy (non-hydrogen) atoms. The molecule has 0 radical (unpaired) electrons. The number of aromatic nitrogens is 4. The maximum atomic E-state index is 4.23. The molecule has 2 heterocycles. The van der Waals surface area contributed by atoms with Crippen LogP contribution in [0.15, 0.2) is 48.9 Å². The smallest absolute Gasteiger partial charge is 0.137 e. The van der Waals surface area contributed by atoms with Crippen molar-refractivity contribution in [3.8, 4) is 11.4 Å². The molecule has 0 unspecified atom stereocenters. The molecule has 2 N–H and O–H groups in total. The summed E-state index contributed by atoms with van der Waals surface area (Å²) in [6, 6.07) is 10.1. The Morgan fingerprint density at radius 2 is 1.78 bits per heavy atom. The molecule has 0 atom stereocenters. The van der Waals surface area contributed by atoms with Gasteiger partial charge in [0.2, 0.25) is 0 Å². The van der Waals surface area contributed by atoms with Gasteiger partial charge in [-0.1, -0.05) is 30.3 Å². The molecule has 0 amide bonds. The van der Waals surface area contributed by atoms with Crippen LogP contribution in [0.3, 0.4) is 0 Å². The summed E-state index contributed by atoms with van der Waals surface area (Å²) < 4.78 is 0. The number of nitrogens with zero attached hydrogens (tertiary/aromatic N) is 2. The highest BCUT2D eigenvalue weighted by atomic mass is 14.9. The normalized spacial score (nSPS) is 9.67. The molecule has 2 aromatic heterocycles. The fourth-order valence-corrected chi connectivity index (χ4v) is 1.50. The van der Waals surface area contributed by atoms with E-state index in [9.17, 15) is 0 Å². The molecule has 3 aromatic rings. The van der Waals surface area contributed by atoms with Gasteiger partial charge >= 0.3 is 0 Å². The van der Waals surface area contributed by atoms with E-state index in [0.717, 1.165) is 22.9 Å². The van der Waals surface area contributed by atoms with Crippen molar-refractivity contribution in [2.45, 2.75) is 13.8 Å². The summed E-state index contributed by atoms with van der Waals surface area (Å²) in [5.41, 5.74) is 2.22. The van der Waals surface area contributed by atoms with Gasteiger partial charge in [0.25, 0.3) is 0 Å². The van der Waals surface area contributed by atoms with Crippen LogP contribution in [0.4, 0.5) is 0 Å². The predicted octanol–water partition coefficient (Wildman–Crippen LogP) is 3.10. The summed E-state index contributed by atoms with van der Waals surface area (Å²) in [6.07, 6.45) is 5.37. The third-order valence-electron chi connectivity index (χ3n) is 2.39. The molecule has 0 aliphatic heterocycles. The minimum absolute atomic E-state index is 0.938. The van der Waals surface area contributed by atoms with E-state index in [1.54, 1.807) is 12.4 Å². The first kappa shape index (κ1) is 12.1. The maximum absolute atomic E-state index is 4.23. The zero-order valence-corrected chi connectivity index (χ0v) is 10.5. The second-order valence-corrected chi connectivity index (χ2v) is 3.96. The molecule has 0 bridgehead atoms. The van der Waals surface area contributed by atoms with Crippen molar-refractivity contribution in [2.24, 2.45) is 0 Å². The molecule has 4 heteroatoms. The van der Waals surface area contributed by atoms with Gasteiger partial charge in [-0.3, -0.25) is 0 Å². The van der Waals surface area contributed by atoms with E-state index in [-0.39, 0.29) is 0 Å². The van der Waals surface area contributed by atoms with E-state index in [1.807, 2.05) is 50.4 Å². The summed E-state index contributed by atoms with van der Waals surface area (Å²) in [5, 5.41) is 0. The molecule has 0 aliphatic carbocycles. The maximum Gasteiger partial charge on any atom is 0.137 e. The van der Waals surface area contributed by atoms with Crippen molar-refractivity contribution in [3.05, 3.63) is 60.4 Å². The van der Waals surface area contributed by atoms with Crippen LogP contribution >= 0.6 is 0 Å². The molecule has 3 rings (SSSR count). The van der Waals surface area contributed by atoms with Crippen molar-refractivity contribution >= 4 is 0 Å². The fourth-order valence-electron chi connectivity index (χ4n) is 1.50. The van der Waals surface area contributed by atoms with Gasteiger partial charge < -0.3 is 9.97 Å². The molecule has 1 aromatic carbocycles. The van der Waals surface area contributed by atoms with Crippen LogP contribution in [0, 0.1) is 13.8 Å². The minimum Gasteiger partial charge on any atom is -0.349 e. The summed E-state index contributed by atoms with van der Waals surface area (Å²) >= 11 is 0. The van der Waals surface area contributed by atoms with Gasteiger partial charge in [0.1, 0.15) is 11.6 Å². The predicted molar refractivity (Wildman–Crippen MR) is 72.1 cm³/mol. The van der Waals surface area contributed by atoms with Crippen molar-refractivity contribution in [2.75, 3.05) is 0 Å². The summed E-state index contributed by atoms with van der Waals surface area (Å²) in [5.74, 6) is 1.91. The Bertz CT molecular complexity index is 567. The highest BCUT2D eigenvalue weighted by Gasteiger charge is 1.98. The first-order valence-corrected chi connectivity index (χ1v) is 5.78. The Morgan fingerprint density at radius 1 is 1.00 bits per heavy atom. The lowest BCUT2D eigenvalue weighted by molar-refractivity contribution is 1.15. The van der Waals surface area contributed by atoms with Crippen LogP contribution in [0.25, 0.3) is 11.4 Å². The number of hydrogen-bond donors (Lipinski definition) is 2. The zero-order valence-electron chi connectivity index (χ0n) is 10.5. The van der Waals surface area contributed by atoms with E-state index in [1.165, 1.54) is 0 Å². The molecule has 92 valence electrons. The number of nitrogens with one attached hydrogen (secondary N) is 2. The lowest BCUT2D eigenvalue weighted by Gasteiger charge is -1.93. The van der Waals surface area contributed by atoms with E-state index >= 15 is 0 Å². The minimum atomic E-state index is 0.938. The molecular weight excluding hydrogens is 224 g/mol. The van der Waals surface area contributed by atoms with Crippen LogP contribution in [0.1, 0.15) is 11.5 Å². The summed E-state index contributed by atoms with van der Waals surface area (Å²) in [6.45, 7) is 3.92. The lowest BCUT2D eigenvalue weighted by atomic mass is 10.2. The SMILES string of the molecule is Cc1cnc(-c2ccccc2)[nH]1.Cc1ncc[nH]1. The van der Waals surface area contributed by atoms with Crippen molar-refractivity contribution in [1.82, 2.24) is 19.9 Å². The standard InChI is InChI=1S/C10H10N2.C4H6N2/c1-8-7-11-10(12-8)9-5-3-2-4-6-9;1-4-5-2-3-6-4/h2-7H,1H3,(H,11,12);2-3H,1H3,(H,5,6). The van der Waals surface area contributed by atoms with Crippen LogP contribution in [0.2, 0.25) is 0 Å². The van der Waals surface area contributed by atoms with E-state index in [4.69, 9.17) is 0 Å². The summed E-state index contributed by atoms with van der Waals surface area (Å²) in [4.78, 5) is 14.2. The topological polar surface area (TPSA) is 57.4 Å². The Kier molecular flexibility index (Phi) is 3.91. The van der Waals surface area contributed by atoms with Gasteiger partial charge in [-0.15, -0.1) is 0 Å². The lowest BCUT2D eigenvalue weighted by Crippen LogP contribution is -1.78. The quantitative estimate of drug-likeness (QED) is 0.686. The second-order valence-electron chi connectivity index (χ2n) is 3.96. The monoisotopic (exact) mass is 240 g/mol. The molecular formula is C14H16N4. The first-order valence-electron chi connectivity index (χ1n) is 5.78.